The molecule has 4 nitrogen and oxygen atoms in total. The van der Waals surface area contributed by atoms with Crippen LogP contribution in [-0.4, -0.2) is 44.3 Å². The van der Waals surface area contributed by atoms with Crippen LogP contribution in [0.2, 0.25) is 0 Å². The molecule has 2 aromatic rings. The Morgan fingerprint density at radius 2 is 1.44 bits per heavy atom. The van der Waals surface area contributed by atoms with Gasteiger partial charge in [0.25, 0.3) is 0 Å². The molecule has 0 fully saturated rings. The molecule has 0 heterocycles. The van der Waals surface area contributed by atoms with Crippen LogP contribution >= 0.6 is 0 Å². The molecule has 0 bridgehead atoms. The van der Waals surface area contributed by atoms with Crippen LogP contribution < -0.4 is 4.74 Å². The van der Waals surface area contributed by atoms with Gasteiger partial charge in [-0.1, -0.05) is 88.4 Å². The van der Waals surface area contributed by atoms with Gasteiger partial charge in [-0.05, 0) is 49.8 Å². The smallest absolute Gasteiger partial charge is 0.314 e. The van der Waals surface area contributed by atoms with Crippen LogP contribution in [0.5, 0.6) is 5.75 Å². The van der Waals surface area contributed by atoms with Crippen molar-refractivity contribution in [2.75, 3.05) is 33.9 Å². The highest BCUT2D eigenvalue weighted by atomic mass is 16.5. The zero-order valence-corrected chi connectivity index (χ0v) is 23.3. The maximum atomic E-state index is 12.7. The summed E-state index contributed by atoms with van der Waals surface area (Å²) in [6.45, 7) is 7.12. The lowest BCUT2D eigenvalue weighted by Gasteiger charge is -2.32. The standard InChI is InChI=1S/C32H50NO3/c1-5-7-8-9-10-12-17-28-20-22-31(23-21-28)35-24-15-16-25-36-32(34)30(6-2)27-33(3,4)26-29-18-13-11-14-19-29/h11,13-14,18-23,30H,5-10,12,15-17,24-27H2,1-4H3/q+1. The van der Waals surface area contributed by atoms with E-state index in [2.05, 4.69) is 76.5 Å². The number of esters is 1. The fourth-order valence-electron chi connectivity index (χ4n) is 4.66. The molecule has 4 heteroatoms. The molecule has 0 aliphatic heterocycles. The molecule has 0 radical (unpaired) electrons. The maximum absolute atomic E-state index is 12.7. The highest BCUT2D eigenvalue weighted by Gasteiger charge is 2.27. The zero-order chi connectivity index (χ0) is 26.1. The van der Waals surface area contributed by atoms with E-state index in [0.717, 1.165) is 49.0 Å². The van der Waals surface area contributed by atoms with Crippen molar-refractivity contribution >= 4 is 5.97 Å². The second-order valence-electron chi connectivity index (χ2n) is 10.8. The third kappa shape index (κ3) is 12.6. The van der Waals surface area contributed by atoms with Crippen LogP contribution in [0, 0.1) is 5.92 Å². The second-order valence-corrected chi connectivity index (χ2v) is 10.8. The Morgan fingerprint density at radius 3 is 2.14 bits per heavy atom. The highest BCUT2D eigenvalue weighted by Crippen LogP contribution is 2.17. The Bertz CT molecular complexity index is 832. The minimum Gasteiger partial charge on any atom is -0.494 e. The average Bonchev–Trinajstić information content (AvgIpc) is 2.87. The van der Waals surface area contributed by atoms with Crippen molar-refractivity contribution in [2.45, 2.75) is 84.6 Å². The molecule has 0 amide bonds. The van der Waals surface area contributed by atoms with E-state index in [0.29, 0.717) is 13.2 Å². The van der Waals surface area contributed by atoms with E-state index in [-0.39, 0.29) is 11.9 Å². The monoisotopic (exact) mass is 496 g/mol. The van der Waals surface area contributed by atoms with E-state index in [1.54, 1.807) is 0 Å². The van der Waals surface area contributed by atoms with E-state index in [1.165, 1.54) is 49.7 Å². The molecule has 0 N–H and O–H groups in total. The summed E-state index contributed by atoms with van der Waals surface area (Å²) in [6, 6.07) is 19.0. The predicted octanol–water partition coefficient (Wildman–Crippen LogP) is 7.59. The summed E-state index contributed by atoms with van der Waals surface area (Å²) in [6.07, 6.45) is 11.6. The number of quaternary nitrogens is 1. The Morgan fingerprint density at radius 1 is 0.778 bits per heavy atom. The lowest BCUT2D eigenvalue weighted by atomic mass is 10.0. The SMILES string of the molecule is CCCCCCCCc1ccc(OCCCCOC(=O)C(CC)C[N+](C)(C)Cc2ccccc2)cc1. The number of hydrogen-bond acceptors (Lipinski definition) is 3. The Kier molecular flexibility index (Phi) is 14.3. The Labute approximate surface area is 220 Å². The van der Waals surface area contributed by atoms with Gasteiger partial charge in [0, 0.05) is 5.56 Å². The molecule has 0 aliphatic rings. The normalized spacial score (nSPS) is 12.3. The number of aryl methyl sites for hydroxylation is 1. The lowest BCUT2D eigenvalue weighted by molar-refractivity contribution is -0.906. The molecule has 0 saturated carbocycles. The van der Waals surface area contributed by atoms with Crippen molar-refractivity contribution in [1.82, 2.24) is 0 Å². The van der Waals surface area contributed by atoms with E-state index < -0.39 is 0 Å². The third-order valence-electron chi connectivity index (χ3n) is 6.79. The van der Waals surface area contributed by atoms with Gasteiger partial charge in [0.1, 0.15) is 18.2 Å². The van der Waals surface area contributed by atoms with Gasteiger partial charge >= 0.3 is 5.97 Å². The molecule has 0 saturated heterocycles. The predicted molar refractivity (Wildman–Crippen MR) is 150 cm³/mol. The van der Waals surface area contributed by atoms with Gasteiger partial charge in [0.2, 0.25) is 0 Å². The van der Waals surface area contributed by atoms with Gasteiger partial charge in [-0.15, -0.1) is 0 Å². The van der Waals surface area contributed by atoms with Crippen molar-refractivity contribution in [3.8, 4) is 5.75 Å². The third-order valence-corrected chi connectivity index (χ3v) is 6.79. The maximum Gasteiger partial charge on any atom is 0.314 e. The van der Waals surface area contributed by atoms with Crippen molar-refractivity contribution in [2.24, 2.45) is 5.92 Å². The average molecular weight is 497 g/mol. The fourth-order valence-corrected chi connectivity index (χ4v) is 4.66. The minimum atomic E-state index is -0.0742. The number of unbranched alkanes of at least 4 members (excludes halogenated alkanes) is 6. The topological polar surface area (TPSA) is 35.5 Å². The van der Waals surface area contributed by atoms with Gasteiger partial charge in [-0.2, -0.15) is 0 Å². The molecule has 36 heavy (non-hydrogen) atoms. The molecule has 0 spiro atoms. The van der Waals surface area contributed by atoms with Gasteiger partial charge < -0.3 is 14.0 Å². The van der Waals surface area contributed by atoms with Gasteiger partial charge in [0.15, 0.2) is 0 Å². The van der Waals surface area contributed by atoms with Crippen molar-refractivity contribution in [3.63, 3.8) is 0 Å². The first-order valence-electron chi connectivity index (χ1n) is 14.2. The second kappa shape index (κ2) is 17.2. The summed E-state index contributed by atoms with van der Waals surface area (Å²) < 4.78 is 12.3. The van der Waals surface area contributed by atoms with Gasteiger partial charge in [-0.3, -0.25) is 4.79 Å². The molecule has 0 aromatic heterocycles. The number of nitrogens with zero attached hydrogens (tertiary/aromatic N) is 1. The van der Waals surface area contributed by atoms with Crippen LogP contribution in [0.25, 0.3) is 0 Å². The summed E-state index contributed by atoms with van der Waals surface area (Å²) in [4.78, 5) is 12.7. The summed E-state index contributed by atoms with van der Waals surface area (Å²) >= 11 is 0. The van der Waals surface area contributed by atoms with Crippen LogP contribution in [0.3, 0.4) is 0 Å². The van der Waals surface area contributed by atoms with Crippen molar-refractivity contribution in [1.29, 1.82) is 0 Å². The number of benzene rings is 2. The first-order valence-corrected chi connectivity index (χ1v) is 14.2. The molecular formula is C32H50NO3+. The summed E-state index contributed by atoms with van der Waals surface area (Å²) in [5.74, 6) is 0.775. The summed E-state index contributed by atoms with van der Waals surface area (Å²) in [7, 11) is 4.36. The number of carbonyl (C=O) groups excluding carboxylic acids is 1. The summed E-state index contributed by atoms with van der Waals surface area (Å²) in [5.41, 5.74) is 2.68. The number of rotatable bonds is 19. The molecular weight excluding hydrogens is 446 g/mol. The van der Waals surface area contributed by atoms with Gasteiger partial charge in [-0.25, -0.2) is 0 Å². The number of carbonyl (C=O) groups is 1. The van der Waals surface area contributed by atoms with E-state index in [9.17, 15) is 4.79 Å². The first-order chi connectivity index (χ1) is 17.4. The fraction of sp³-hybridized carbons (Fsp3) is 0.594. The molecule has 2 rings (SSSR count). The summed E-state index contributed by atoms with van der Waals surface area (Å²) in [5, 5.41) is 0. The van der Waals surface area contributed by atoms with Crippen molar-refractivity contribution < 1.29 is 18.8 Å². The van der Waals surface area contributed by atoms with Crippen molar-refractivity contribution in [3.05, 3.63) is 65.7 Å². The molecule has 0 aliphatic carbocycles. The highest BCUT2D eigenvalue weighted by molar-refractivity contribution is 5.72. The van der Waals surface area contributed by atoms with Crippen LogP contribution in [0.4, 0.5) is 0 Å². The molecule has 1 atom stereocenters. The minimum absolute atomic E-state index is 0.0707. The van der Waals surface area contributed by atoms with E-state index in [4.69, 9.17) is 9.47 Å². The molecule has 200 valence electrons. The van der Waals surface area contributed by atoms with Crippen LogP contribution in [0.15, 0.2) is 54.6 Å². The Hall–Kier alpha value is -2.33. The largest absolute Gasteiger partial charge is 0.494 e. The molecule has 2 aromatic carbocycles. The number of ether oxygens (including phenoxy) is 2. The van der Waals surface area contributed by atoms with E-state index in [1.807, 2.05) is 6.07 Å². The number of hydrogen-bond donors (Lipinski definition) is 0. The van der Waals surface area contributed by atoms with Gasteiger partial charge in [0.05, 0.1) is 33.9 Å². The van der Waals surface area contributed by atoms with Crippen LogP contribution in [0.1, 0.15) is 82.8 Å². The quantitative estimate of drug-likeness (QED) is 0.114. The first kappa shape index (κ1) is 29.9. The lowest BCUT2D eigenvalue weighted by Crippen LogP contribution is -2.44. The zero-order valence-electron chi connectivity index (χ0n) is 23.3. The Balaban J connectivity index is 1.58. The van der Waals surface area contributed by atoms with E-state index >= 15 is 0 Å². The van der Waals surface area contributed by atoms with Crippen LogP contribution in [-0.2, 0) is 22.5 Å². The molecule has 1 unspecified atom stereocenters.